The van der Waals surface area contributed by atoms with Gasteiger partial charge in [-0.3, -0.25) is 4.90 Å². The molecule has 0 spiro atoms. The van der Waals surface area contributed by atoms with Crippen LogP contribution in [0.2, 0.25) is 0 Å². The highest BCUT2D eigenvalue weighted by Crippen LogP contribution is 2.30. The summed E-state index contributed by atoms with van der Waals surface area (Å²) in [6, 6.07) is 15.9. The molecule has 0 amide bonds. The second kappa shape index (κ2) is 9.02. The van der Waals surface area contributed by atoms with E-state index in [-0.39, 0.29) is 0 Å². The highest BCUT2D eigenvalue weighted by Gasteiger charge is 2.21. The molecule has 3 aromatic carbocycles. The van der Waals surface area contributed by atoms with Gasteiger partial charge in [0.1, 0.15) is 11.5 Å². The van der Waals surface area contributed by atoms with Crippen LogP contribution in [-0.2, 0) is 4.74 Å². The van der Waals surface area contributed by atoms with Gasteiger partial charge in [-0.1, -0.05) is 24.3 Å². The molecule has 0 aromatic heterocycles. The first-order valence-electron chi connectivity index (χ1n) is 10.7. The van der Waals surface area contributed by atoms with E-state index in [4.69, 9.17) is 9.47 Å². The van der Waals surface area contributed by atoms with E-state index in [0.717, 1.165) is 54.6 Å². The molecule has 1 N–H and O–H groups in total. The Balaban J connectivity index is 1.26. The number of unbranched alkanes of at least 4 members (excludes halogenated alkanes) is 2. The Kier molecular flexibility index (Phi) is 6.22. The molecule has 2 atom stereocenters. The van der Waals surface area contributed by atoms with Crippen molar-refractivity contribution in [3.63, 3.8) is 0 Å². The molecule has 29 heavy (non-hydrogen) atoms. The van der Waals surface area contributed by atoms with E-state index in [1.807, 2.05) is 12.1 Å². The molecule has 4 nitrogen and oxygen atoms in total. The van der Waals surface area contributed by atoms with Crippen molar-refractivity contribution in [2.75, 3.05) is 26.2 Å². The van der Waals surface area contributed by atoms with Crippen molar-refractivity contribution < 1.29 is 14.6 Å². The summed E-state index contributed by atoms with van der Waals surface area (Å²) in [5, 5.41) is 14.2. The number of aromatic hydroxyl groups is 1. The third-order valence-electron chi connectivity index (χ3n) is 5.67. The van der Waals surface area contributed by atoms with Crippen molar-refractivity contribution in [1.29, 1.82) is 0 Å². The second-order valence-corrected chi connectivity index (χ2v) is 8.28. The third-order valence-corrected chi connectivity index (χ3v) is 5.67. The maximum atomic E-state index is 9.67. The average Bonchev–Trinajstić information content (AvgIpc) is 2.69. The Morgan fingerprint density at radius 2 is 1.59 bits per heavy atom. The van der Waals surface area contributed by atoms with Gasteiger partial charge in [-0.25, -0.2) is 0 Å². The van der Waals surface area contributed by atoms with Crippen molar-refractivity contribution >= 4 is 21.5 Å². The SMILES string of the molecule is CC1CN(CCCCCOc2ccc3c(ccc4cc(O)ccc43)c2)CC(C)O1. The zero-order chi connectivity index (χ0) is 20.2. The Hall–Kier alpha value is -2.30. The monoisotopic (exact) mass is 393 g/mol. The second-order valence-electron chi connectivity index (χ2n) is 8.28. The van der Waals surface area contributed by atoms with Crippen molar-refractivity contribution in [2.24, 2.45) is 0 Å². The molecule has 0 aliphatic carbocycles. The molecular formula is C25H31NO3. The normalized spacial score (nSPS) is 20.3. The summed E-state index contributed by atoms with van der Waals surface area (Å²) < 4.78 is 11.8. The van der Waals surface area contributed by atoms with Gasteiger partial charge in [0, 0.05) is 13.1 Å². The van der Waals surface area contributed by atoms with Crippen LogP contribution in [0.3, 0.4) is 0 Å². The molecule has 1 heterocycles. The van der Waals surface area contributed by atoms with Gasteiger partial charge in [0.25, 0.3) is 0 Å². The Morgan fingerprint density at radius 1 is 0.897 bits per heavy atom. The van der Waals surface area contributed by atoms with Crippen molar-refractivity contribution in [3.8, 4) is 11.5 Å². The number of morpholine rings is 1. The lowest BCUT2D eigenvalue weighted by molar-refractivity contribution is -0.0682. The fourth-order valence-electron chi connectivity index (χ4n) is 4.40. The van der Waals surface area contributed by atoms with Gasteiger partial charge in [-0.05, 0) is 85.5 Å². The third kappa shape index (κ3) is 5.01. The maximum Gasteiger partial charge on any atom is 0.119 e. The minimum atomic E-state index is 0.300. The highest BCUT2D eigenvalue weighted by atomic mass is 16.5. The van der Waals surface area contributed by atoms with Gasteiger partial charge < -0.3 is 14.6 Å². The lowest BCUT2D eigenvalue weighted by atomic mass is 10.0. The Bertz CT molecular complexity index is 961. The van der Waals surface area contributed by atoms with Gasteiger partial charge >= 0.3 is 0 Å². The van der Waals surface area contributed by atoms with Crippen molar-refractivity contribution in [2.45, 2.75) is 45.3 Å². The number of ether oxygens (including phenoxy) is 2. The quantitative estimate of drug-likeness (QED) is 0.434. The van der Waals surface area contributed by atoms with Gasteiger partial charge in [-0.15, -0.1) is 0 Å². The number of fused-ring (bicyclic) bond motifs is 3. The molecule has 1 saturated heterocycles. The van der Waals surface area contributed by atoms with Crippen LogP contribution in [0.1, 0.15) is 33.1 Å². The standard InChI is InChI=1S/C25H31NO3/c1-18-16-26(17-19(2)29-18)12-4-3-5-13-28-23-9-11-25-21(15-23)7-6-20-14-22(27)8-10-24(20)25/h6-11,14-15,18-19,27H,3-5,12-13,16-17H2,1-2H3. The summed E-state index contributed by atoms with van der Waals surface area (Å²) in [6.07, 6.45) is 4.15. The van der Waals surface area contributed by atoms with E-state index in [9.17, 15) is 5.11 Å². The first kappa shape index (κ1) is 20.0. The van der Waals surface area contributed by atoms with E-state index >= 15 is 0 Å². The summed E-state index contributed by atoms with van der Waals surface area (Å²) in [6.45, 7) is 8.32. The molecule has 3 aromatic rings. The van der Waals surface area contributed by atoms with E-state index in [1.54, 1.807) is 12.1 Å². The minimum Gasteiger partial charge on any atom is -0.508 e. The van der Waals surface area contributed by atoms with Crippen molar-refractivity contribution in [1.82, 2.24) is 4.90 Å². The van der Waals surface area contributed by atoms with Crippen LogP contribution >= 0.6 is 0 Å². The van der Waals surface area contributed by atoms with Crippen LogP contribution in [0.4, 0.5) is 0 Å². The number of phenolic OH excluding ortho intramolecular Hbond substituents is 1. The van der Waals surface area contributed by atoms with Crippen LogP contribution in [0.15, 0.2) is 48.5 Å². The molecule has 1 aliphatic heterocycles. The fourth-order valence-corrected chi connectivity index (χ4v) is 4.40. The molecular weight excluding hydrogens is 362 g/mol. The van der Waals surface area contributed by atoms with Crippen LogP contribution in [-0.4, -0.2) is 48.5 Å². The van der Waals surface area contributed by atoms with Gasteiger partial charge in [-0.2, -0.15) is 0 Å². The number of hydrogen-bond acceptors (Lipinski definition) is 4. The number of hydrogen-bond donors (Lipinski definition) is 1. The van der Waals surface area contributed by atoms with E-state index in [1.165, 1.54) is 18.2 Å². The molecule has 0 saturated carbocycles. The van der Waals surface area contributed by atoms with Crippen LogP contribution in [0.25, 0.3) is 21.5 Å². The Labute approximate surface area is 173 Å². The molecule has 1 fully saturated rings. The lowest BCUT2D eigenvalue weighted by Gasteiger charge is -2.35. The average molecular weight is 394 g/mol. The smallest absolute Gasteiger partial charge is 0.119 e. The van der Waals surface area contributed by atoms with Crippen LogP contribution < -0.4 is 4.74 Å². The number of phenols is 1. The largest absolute Gasteiger partial charge is 0.508 e. The highest BCUT2D eigenvalue weighted by molar-refractivity contribution is 6.08. The maximum absolute atomic E-state index is 9.67. The first-order chi connectivity index (χ1) is 14.1. The van der Waals surface area contributed by atoms with Crippen LogP contribution in [0, 0.1) is 0 Å². The lowest BCUT2D eigenvalue weighted by Crippen LogP contribution is -2.45. The topological polar surface area (TPSA) is 41.9 Å². The molecule has 2 unspecified atom stereocenters. The predicted octanol–water partition coefficient (Wildman–Crippen LogP) is 5.36. The zero-order valence-electron chi connectivity index (χ0n) is 17.4. The predicted molar refractivity (Wildman–Crippen MR) is 119 cm³/mol. The van der Waals surface area contributed by atoms with Crippen LogP contribution in [0.5, 0.6) is 11.5 Å². The summed E-state index contributed by atoms with van der Waals surface area (Å²) >= 11 is 0. The molecule has 0 bridgehead atoms. The minimum absolute atomic E-state index is 0.300. The van der Waals surface area contributed by atoms with E-state index < -0.39 is 0 Å². The van der Waals surface area contributed by atoms with Gasteiger partial charge in [0.15, 0.2) is 0 Å². The Morgan fingerprint density at radius 3 is 2.34 bits per heavy atom. The van der Waals surface area contributed by atoms with Gasteiger partial charge in [0.2, 0.25) is 0 Å². The fraction of sp³-hybridized carbons (Fsp3) is 0.440. The molecule has 1 aliphatic rings. The molecule has 154 valence electrons. The van der Waals surface area contributed by atoms with Gasteiger partial charge in [0.05, 0.1) is 18.8 Å². The summed E-state index contributed by atoms with van der Waals surface area (Å²) in [5.41, 5.74) is 0. The molecule has 0 radical (unpaired) electrons. The number of rotatable bonds is 7. The first-order valence-corrected chi connectivity index (χ1v) is 10.7. The van der Waals surface area contributed by atoms with E-state index in [0.29, 0.717) is 18.0 Å². The number of nitrogens with zero attached hydrogens (tertiary/aromatic N) is 1. The molecule has 4 heteroatoms. The van der Waals surface area contributed by atoms with E-state index in [2.05, 4.69) is 43.0 Å². The van der Waals surface area contributed by atoms with Crippen molar-refractivity contribution in [3.05, 3.63) is 48.5 Å². The summed E-state index contributed by atoms with van der Waals surface area (Å²) in [4.78, 5) is 2.52. The summed E-state index contributed by atoms with van der Waals surface area (Å²) in [7, 11) is 0. The zero-order valence-corrected chi connectivity index (χ0v) is 17.4. The molecule has 4 rings (SSSR count). The summed E-state index contributed by atoms with van der Waals surface area (Å²) in [5.74, 6) is 1.22. The number of benzene rings is 3.